The number of morpholine rings is 1. The molecule has 5 rings (SSSR count). The predicted octanol–water partition coefficient (Wildman–Crippen LogP) is 3.19. The van der Waals surface area contributed by atoms with Crippen LogP contribution < -0.4 is 4.90 Å². The third-order valence-electron chi connectivity index (χ3n) is 5.04. The smallest absolute Gasteiger partial charge is 0.254 e. The van der Waals surface area contributed by atoms with Gasteiger partial charge in [-0.25, -0.2) is 9.67 Å². The number of halogens is 1. The number of imidazole rings is 1. The summed E-state index contributed by atoms with van der Waals surface area (Å²) in [5.41, 5.74) is 3.41. The zero-order chi connectivity index (χ0) is 19.8. The molecule has 1 aliphatic rings. The molecule has 1 saturated heterocycles. The van der Waals surface area contributed by atoms with Crippen molar-refractivity contribution in [1.29, 1.82) is 0 Å². The molecule has 0 bridgehead atoms. The Morgan fingerprint density at radius 1 is 1.10 bits per heavy atom. The van der Waals surface area contributed by atoms with Gasteiger partial charge in [0.25, 0.3) is 5.95 Å². The van der Waals surface area contributed by atoms with Crippen LogP contribution in [0.4, 0.5) is 5.82 Å². The SMILES string of the molecule is CCn1cnc2c(N3CCOCC3)nc(-n3cc(-c4ccccc4)c(Cl)n3)nc21. The normalized spacial score (nSPS) is 14.6. The van der Waals surface area contributed by atoms with Gasteiger partial charge in [0.1, 0.15) is 0 Å². The van der Waals surface area contributed by atoms with Crippen molar-refractivity contribution in [3.05, 3.63) is 48.0 Å². The molecule has 4 heterocycles. The lowest BCUT2D eigenvalue weighted by molar-refractivity contribution is 0.122. The first kappa shape index (κ1) is 18.1. The number of hydrogen-bond donors (Lipinski definition) is 0. The first-order chi connectivity index (χ1) is 14.2. The highest BCUT2D eigenvalue weighted by Crippen LogP contribution is 2.29. The molecule has 3 aromatic heterocycles. The summed E-state index contributed by atoms with van der Waals surface area (Å²) in [5.74, 6) is 1.27. The Kier molecular flexibility index (Phi) is 4.65. The maximum Gasteiger partial charge on any atom is 0.254 e. The van der Waals surface area contributed by atoms with Gasteiger partial charge in [-0.1, -0.05) is 41.9 Å². The standard InChI is InChI=1S/C20H20ClN7O/c1-2-26-13-22-16-18(26)23-20(24-19(16)27-8-10-29-11-9-27)28-12-15(17(21)25-28)14-6-4-3-5-7-14/h3-7,12-13H,2,8-11H2,1H3. The van der Waals surface area contributed by atoms with Gasteiger partial charge in [-0.15, -0.1) is 0 Å². The van der Waals surface area contributed by atoms with Gasteiger partial charge in [0.15, 0.2) is 22.1 Å². The van der Waals surface area contributed by atoms with Crippen LogP contribution in [0.25, 0.3) is 28.2 Å². The Morgan fingerprint density at radius 2 is 1.90 bits per heavy atom. The third-order valence-corrected chi connectivity index (χ3v) is 5.32. The van der Waals surface area contributed by atoms with Crippen molar-refractivity contribution in [3.8, 4) is 17.1 Å². The summed E-state index contributed by atoms with van der Waals surface area (Å²) in [7, 11) is 0. The first-order valence-electron chi connectivity index (χ1n) is 9.61. The lowest BCUT2D eigenvalue weighted by Crippen LogP contribution is -2.37. The van der Waals surface area contributed by atoms with E-state index in [4.69, 9.17) is 26.3 Å². The molecular formula is C20H20ClN7O. The first-order valence-corrected chi connectivity index (χ1v) is 9.99. The zero-order valence-electron chi connectivity index (χ0n) is 16.0. The van der Waals surface area contributed by atoms with Gasteiger partial charge in [-0.05, 0) is 12.5 Å². The van der Waals surface area contributed by atoms with Gasteiger partial charge < -0.3 is 14.2 Å². The Balaban J connectivity index is 1.65. The van der Waals surface area contributed by atoms with E-state index in [-0.39, 0.29) is 0 Å². The van der Waals surface area contributed by atoms with Crippen LogP contribution in [-0.4, -0.2) is 55.6 Å². The quantitative estimate of drug-likeness (QED) is 0.515. The van der Waals surface area contributed by atoms with Crippen molar-refractivity contribution >= 4 is 28.6 Å². The number of nitrogens with zero attached hydrogens (tertiary/aromatic N) is 7. The van der Waals surface area contributed by atoms with Gasteiger partial charge in [0, 0.05) is 31.4 Å². The molecule has 0 saturated carbocycles. The fraction of sp³-hybridized carbons (Fsp3) is 0.300. The van der Waals surface area contributed by atoms with E-state index in [0.29, 0.717) is 24.3 Å². The van der Waals surface area contributed by atoms with Gasteiger partial charge >= 0.3 is 0 Å². The minimum atomic E-state index is 0.414. The maximum atomic E-state index is 6.44. The molecule has 4 aromatic rings. The van der Waals surface area contributed by atoms with Crippen molar-refractivity contribution in [2.45, 2.75) is 13.5 Å². The molecule has 0 aliphatic carbocycles. The second kappa shape index (κ2) is 7.46. The van der Waals surface area contributed by atoms with E-state index in [1.807, 2.05) is 41.1 Å². The number of ether oxygens (including phenoxy) is 1. The lowest BCUT2D eigenvalue weighted by Gasteiger charge is -2.28. The molecule has 0 radical (unpaired) electrons. The van der Waals surface area contributed by atoms with E-state index in [0.717, 1.165) is 47.7 Å². The van der Waals surface area contributed by atoms with Crippen LogP contribution in [0.5, 0.6) is 0 Å². The van der Waals surface area contributed by atoms with Crippen LogP contribution in [0.15, 0.2) is 42.9 Å². The van der Waals surface area contributed by atoms with E-state index in [1.165, 1.54) is 0 Å². The number of benzene rings is 1. The third kappa shape index (κ3) is 3.24. The van der Waals surface area contributed by atoms with Crippen LogP contribution >= 0.6 is 11.6 Å². The van der Waals surface area contributed by atoms with E-state index in [9.17, 15) is 0 Å². The topological polar surface area (TPSA) is 73.9 Å². The van der Waals surface area contributed by atoms with Crippen LogP contribution in [0, 0.1) is 0 Å². The molecule has 148 valence electrons. The molecule has 0 amide bonds. The number of fused-ring (bicyclic) bond motifs is 1. The van der Waals surface area contributed by atoms with Crippen LogP contribution in [-0.2, 0) is 11.3 Å². The van der Waals surface area contributed by atoms with Crippen LogP contribution in [0.2, 0.25) is 5.15 Å². The fourth-order valence-corrected chi connectivity index (χ4v) is 3.75. The largest absolute Gasteiger partial charge is 0.378 e. The Bertz CT molecular complexity index is 1150. The van der Waals surface area contributed by atoms with E-state index >= 15 is 0 Å². The summed E-state index contributed by atoms with van der Waals surface area (Å²) in [4.78, 5) is 16.3. The summed E-state index contributed by atoms with van der Waals surface area (Å²) in [6.07, 6.45) is 3.67. The molecular weight excluding hydrogens is 390 g/mol. The van der Waals surface area contributed by atoms with Crippen LogP contribution in [0.1, 0.15) is 6.92 Å². The Labute approximate surface area is 172 Å². The molecule has 9 heteroatoms. The second-order valence-corrected chi connectivity index (χ2v) is 7.15. The Morgan fingerprint density at radius 3 is 2.66 bits per heavy atom. The van der Waals surface area contributed by atoms with Crippen molar-refractivity contribution in [2.24, 2.45) is 0 Å². The van der Waals surface area contributed by atoms with Crippen molar-refractivity contribution in [3.63, 3.8) is 0 Å². The van der Waals surface area contributed by atoms with Gasteiger partial charge in [-0.2, -0.15) is 15.1 Å². The number of aromatic nitrogens is 6. The summed E-state index contributed by atoms with van der Waals surface area (Å²) in [6.45, 7) is 5.70. The molecule has 1 aliphatic heterocycles. The number of anilines is 1. The van der Waals surface area contributed by atoms with Gasteiger partial charge in [-0.3, -0.25) is 0 Å². The highest BCUT2D eigenvalue weighted by atomic mass is 35.5. The minimum Gasteiger partial charge on any atom is -0.378 e. The highest BCUT2D eigenvalue weighted by Gasteiger charge is 2.22. The molecule has 1 fully saturated rings. The van der Waals surface area contributed by atoms with Crippen molar-refractivity contribution in [1.82, 2.24) is 29.3 Å². The minimum absolute atomic E-state index is 0.414. The molecule has 0 unspecified atom stereocenters. The molecule has 29 heavy (non-hydrogen) atoms. The molecule has 0 spiro atoms. The van der Waals surface area contributed by atoms with Crippen molar-refractivity contribution < 1.29 is 4.74 Å². The fourth-order valence-electron chi connectivity index (χ4n) is 3.51. The summed E-state index contributed by atoms with van der Waals surface area (Å²) in [6, 6.07) is 9.92. The average molecular weight is 410 g/mol. The van der Waals surface area contributed by atoms with E-state index in [2.05, 4.69) is 21.9 Å². The molecule has 0 atom stereocenters. The average Bonchev–Trinajstić information content (AvgIpc) is 3.37. The number of aryl methyl sites for hydroxylation is 1. The monoisotopic (exact) mass is 409 g/mol. The summed E-state index contributed by atoms with van der Waals surface area (Å²) < 4.78 is 9.14. The van der Waals surface area contributed by atoms with Crippen molar-refractivity contribution in [2.75, 3.05) is 31.2 Å². The summed E-state index contributed by atoms with van der Waals surface area (Å²) >= 11 is 6.44. The predicted molar refractivity (Wildman–Crippen MR) is 112 cm³/mol. The molecule has 1 aromatic carbocycles. The number of rotatable bonds is 4. The van der Waals surface area contributed by atoms with Crippen LogP contribution in [0.3, 0.4) is 0 Å². The molecule has 0 N–H and O–H groups in total. The summed E-state index contributed by atoms with van der Waals surface area (Å²) in [5, 5.41) is 4.89. The van der Waals surface area contributed by atoms with E-state index in [1.54, 1.807) is 11.0 Å². The zero-order valence-corrected chi connectivity index (χ0v) is 16.7. The van der Waals surface area contributed by atoms with Gasteiger partial charge in [0.05, 0.1) is 19.5 Å². The van der Waals surface area contributed by atoms with Gasteiger partial charge in [0.2, 0.25) is 0 Å². The number of hydrogen-bond acceptors (Lipinski definition) is 6. The second-order valence-electron chi connectivity index (χ2n) is 6.79. The lowest BCUT2D eigenvalue weighted by atomic mass is 10.1. The maximum absolute atomic E-state index is 6.44. The Hall–Kier alpha value is -2.97. The molecule has 8 nitrogen and oxygen atoms in total. The van der Waals surface area contributed by atoms with E-state index < -0.39 is 0 Å². The highest BCUT2D eigenvalue weighted by molar-refractivity contribution is 6.32.